The highest BCUT2D eigenvalue weighted by Gasteiger charge is 2.17. The third-order valence-corrected chi connectivity index (χ3v) is 2.58. The first-order valence-electron chi connectivity index (χ1n) is 5.57. The van der Waals surface area contributed by atoms with Gasteiger partial charge in [0.1, 0.15) is 5.75 Å². The molecule has 0 heterocycles. The Labute approximate surface area is 93.1 Å². The fourth-order valence-electron chi connectivity index (χ4n) is 1.67. The molecule has 83 valence electrons. The first-order valence-corrected chi connectivity index (χ1v) is 5.57. The maximum Gasteiger partial charge on any atom is 0.119 e. The Morgan fingerprint density at radius 1 is 1.27 bits per heavy atom. The molecule has 1 N–H and O–H groups in total. The van der Waals surface area contributed by atoms with Crippen LogP contribution in [0.4, 0.5) is 0 Å². The van der Waals surface area contributed by atoms with Crippen molar-refractivity contribution in [2.45, 2.75) is 45.4 Å². The fourth-order valence-corrected chi connectivity index (χ4v) is 1.67. The summed E-state index contributed by atoms with van der Waals surface area (Å²) >= 11 is 0. The van der Waals surface area contributed by atoms with Crippen LogP contribution in [0.1, 0.15) is 44.7 Å². The molecule has 1 rings (SSSR count). The molecule has 0 unspecified atom stereocenters. The van der Waals surface area contributed by atoms with Gasteiger partial charge in [-0.05, 0) is 35.4 Å². The molecule has 0 spiro atoms. The summed E-state index contributed by atoms with van der Waals surface area (Å²) in [7, 11) is 0. The van der Waals surface area contributed by atoms with E-state index in [4.69, 9.17) is 0 Å². The standard InChI is InChI=1S/C14H21O/c1-5-6-7-11-8-9-13(15)12(10-11)14(2,3)4/h8-10,15H,1,5-7H2,2-4H3. The van der Waals surface area contributed by atoms with Crippen molar-refractivity contribution in [1.82, 2.24) is 0 Å². The van der Waals surface area contributed by atoms with Crippen molar-refractivity contribution >= 4 is 0 Å². The lowest BCUT2D eigenvalue weighted by atomic mass is 9.85. The summed E-state index contributed by atoms with van der Waals surface area (Å²) in [5.41, 5.74) is 2.33. The molecule has 1 radical (unpaired) electrons. The second kappa shape index (κ2) is 4.69. The molecule has 1 nitrogen and oxygen atoms in total. The monoisotopic (exact) mass is 205 g/mol. The molecular weight excluding hydrogens is 184 g/mol. The van der Waals surface area contributed by atoms with E-state index in [9.17, 15) is 5.11 Å². The quantitative estimate of drug-likeness (QED) is 0.794. The van der Waals surface area contributed by atoms with E-state index in [0.29, 0.717) is 5.75 Å². The zero-order chi connectivity index (χ0) is 11.5. The summed E-state index contributed by atoms with van der Waals surface area (Å²) < 4.78 is 0. The number of hydrogen-bond donors (Lipinski definition) is 1. The molecule has 0 aliphatic carbocycles. The van der Waals surface area contributed by atoms with Gasteiger partial charge in [-0.1, -0.05) is 46.2 Å². The van der Waals surface area contributed by atoms with Gasteiger partial charge >= 0.3 is 0 Å². The number of rotatable bonds is 3. The van der Waals surface area contributed by atoms with Crippen LogP contribution in [0.25, 0.3) is 0 Å². The molecule has 1 aromatic carbocycles. The van der Waals surface area contributed by atoms with Crippen LogP contribution in [-0.4, -0.2) is 5.11 Å². The van der Waals surface area contributed by atoms with Crippen LogP contribution in [-0.2, 0) is 11.8 Å². The molecule has 0 aliphatic heterocycles. The summed E-state index contributed by atoms with van der Waals surface area (Å²) in [5, 5.41) is 9.78. The lowest BCUT2D eigenvalue weighted by molar-refractivity contribution is 0.446. The number of unbranched alkanes of at least 4 members (excludes halogenated alkanes) is 1. The fraction of sp³-hybridized carbons (Fsp3) is 0.500. The average molecular weight is 205 g/mol. The molecule has 0 bridgehead atoms. The Balaban J connectivity index is 2.95. The zero-order valence-electron chi connectivity index (χ0n) is 10.0. The third-order valence-electron chi connectivity index (χ3n) is 2.58. The summed E-state index contributed by atoms with van der Waals surface area (Å²) in [6.07, 6.45) is 3.12. The number of phenols is 1. The maximum absolute atomic E-state index is 9.78. The summed E-state index contributed by atoms with van der Waals surface area (Å²) in [4.78, 5) is 0. The van der Waals surface area contributed by atoms with Crippen LogP contribution >= 0.6 is 0 Å². The first kappa shape index (κ1) is 12.1. The minimum atomic E-state index is 0.00452. The predicted octanol–water partition coefficient (Wildman–Crippen LogP) is 3.85. The van der Waals surface area contributed by atoms with E-state index < -0.39 is 0 Å². The maximum atomic E-state index is 9.78. The van der Waals surface area contributed by atoms with Crippen molar-refractivity contribution in [1.29, 1.82) is 0 Å². The number of hydrogen-bond acceptors (Lipinski definition) is 1. The van der Waals surface area contributed by atoms with Gasteiger partial charge in [-0.15, -0.1) is 0 Å². The normalized spacial score (nSPS) is 11.7. The SMILES string of the molecule is [CH2]CCCc1ccc(O)c(C(C)(C)C)c1. The Hall–Kier alpha value is -0.980. The van der Waals surface area contributed by atoms with Gasteiger partial charge in [0.25, 0.3) is 0 Å². The van der Waals surface area contributed by atoms with E-state index in [2.05, 4.69) is 33.8 Å². The highest BCUT2D eigenvalue weighted by Crippen LogP contribution is 2.31. The number of aromatic hydroxyl groups is 1. The van der Waals surface area contributed by atoms with Crippen LogP contribution in [0, 0.1) is 6.92 Å². The molecule has 15 heavy (non-hydrogen) atoms. The van der Waals surface area contributed by atoms with Gasteiger partial charge in [0.2, 0.25) is 0 Å². The van der Waals surface area contributed by atoms with E-state index in [1.54, 1.807) is 6.07 Å². The van der Waals surface area contributed by atoms with Gasteiger partial charge in [0, 0.05) is 0 Å². The molecule has 0 aliphatic rings. The molecule has 0 saturated carbocycles. The Morgan fingerprint density at radius 3 is 2.47 bits per heavy atom. The average Bonchev–Trinajstić information content (AvgIpc) is 2.15. The minimum absolute atomic E-state index is 0.00452. The molecule has 0 saturated heterocycles. The van der Waals surface area contributed by atoms with E-state index in [1.807, 2.05) is 6.07 Å². The summed E-state index contributed by atoms with van der Waals surface area (Å²) in [5.74, 6) is 0.404. The molecule has 0 atom stereocenters. The van der Waals surface area contributed by atoms with Crippen molar-refractivity contribution in [3.8, 4) is 5.75 Å². The second-order valence-electron chi connectivity index (χ2n) is 5.06. The number of aryl methyl sites for hydroxylation is 1. The largest absolute Gasteiger partial charge is 0.508 e. The van der Waals surface area contributed by atoms with Gasteiger partial charge in [0.05, 0.1) is 0 Å². The first-order chi connectivity index (χ1) is 6.95. The molecule has 0 amide bonds. The third kappa shape index (κ3) is 3.26. The Morgan fingerprint density at radius 2 is 1.93 bits per heavy atom. The van der Waals surface area contributed by atoms with Crippen molar-refractivity contribution in [2.75, 3.05) is 0 Å². The van der Waals surface area contributed by atoms with Crippen molar-refractivity contribution in [2.24, 2.45) is 0 Å². The summed E-state index contributed by atoms with van der Waals surface area (Å²) in [6, 6.07) is 5.92. The highest BCUT2D eigenvalue weighted by atomic mass is 16.3. The number of benzene rings is 1. The van der Waals surface area contributed by atoms with E-state index in [-0.39, 0.29) is 5.41 Å². The summed E-state index contributed by atoms with van der Waals surface area (Å²) in [6.45, 7) is 10.2. The highest BCUT2D eigenvalue weighted by molar-refractivity contribution is 5.40. The van der Waals surface area contributed by atoms with E-state index in [0.717, 1.165) is 24.8 Å². The van der Waals surface area contributed by atoms with Crippen LogP contribution in [0.15, 0.2) is 18.2 Å². The second-order valence-corrected chi connectivity index (χ2v) is 5.06. The van der Waals surface area contributed by atoms with Gasteiger partial charge in [0.15, 0.2) is 0 Å². The van der Waals surface area contributed by atoms with Gasteiger partial charge < -0.3 is 5.11 Å². The molecule has 1 heteroatoms. The Kier molecular flexibility index (Phi) is 3.78. The van der Waals surface area contributed by atoms with Crippen molar-refractivity contribution in [3.05, 3.63) is 36.2 Å². The molecular formula is C14H21O. The van der Waals surface area contributed by atoms with Crippen LogP contribution in [0.3, 0.4) is 0 Å². The topological polar surface area (TPSA) is 20.2 Å². The lowest BCUT2D eigenvalue weighted by Gasteiger charge is -2.21. The van der Waals surface area contributed by atoms with Crippen molar-refractivity contribution < 1.29 is 5.11 Å². The van der Waals surface area contributed by atoms with Crippen LogP contribution in [0.2, 0.25) is 0 Å². The smallest absolute Gasteiger partial charge is 0.119 e. The van der Waals surface area contributed by atoms with Gasteiger partial charge in [-0.2, -0.15) is 0 Å². The van der Waals surface area contributed by atoms with Crippen LogP contribution in [0.5, 0.6) is 5.75 Å². The minimum Gasteiger partial charge on any atom is -0.508 e. The van der Waals surface area contributed by atoms with Gasteiger partial charge in [-0.25, -0.2) is 0 Å². The lowest BCUT2D eigenvalue weighted by Crippen LogP contribution is -2.11. The molecule has 1 aromatic rings. The van der Waals surface area contributed by atoms with Crippen molar-refractivity contribution in [3.63, 3.8) is 0 Å². The zero-order valence-corrected chi connectivity index (χ0v) is 10.0. The van der Waals surface area contributed by atoms with E-state index in [1.165, 1.54) is 5.56 Å². The molecule has 0 aromatic heterocycles. The van der Waals surface area contributed by atoms with Gasteiger partial charge in [-0.3, -0.25) is 0 Å². The van der Waals surface area contributed by atoms with Crippen LogP contribution < -0.4 is 0 Å². The molecule has 0 fully saturated rings. The predicted molar refractivity (Wildman–Crippen MR) is 65.1 cm³/mol. The Bertz CT molecular complexity index is 321. The number of phenolic OH excluding ortho intramolecular Hbond substituents is 1. The van der Waals surface area contributed by atoms with E-state index >= 15 is 0 Å².